The number of nitrogens with zero attached hydrogens (tertiary/aromatic N) is 1. The molecule has 4 nitrogen and oxygen atoms in total. The van der Waals surface area contributed by atoms with Crippen molar-refractivity contribution in [3.05, 3.63) is 50.8 Å². The van der Waals surface area contributed by atoms with Gasteiger partial charge in [-0.1, -0.05) is 11.6 Å². The highest BCUT2D eigenvalue weighted by Gasteiger charge is 2.14. The number of fused-ring (bicyclic) bond motifs is 1. The quantitative estimate of drug-likeness (QED) is 0.700. The van der Waals surface area contributed by atoms with E-state index in [1.54, 1.807) is 6.07 Å². The first-order valence-electron chi connectivity index (χ1n) is 7.76. The van der Waals surface area contributed by atoms with Crippen LogP contribution in [0.4, 0.5) is 5.69 Å². The van der Waals surface area contributed by atoms with Crippen LogP contribution in [0.3, 0.4) is 0 Å². The lowest BCUT2D eigenvalue weighted by molar-refractivity contribution is 0.103. The number of rotatable bonds is 5. The molecule has 0 radical (unpaired) electrons. The molecule has 0 spiro atoms. The van der Waals surface area contributed by atoms with E-state index < -0.39 is 0 Å². The molecule has 24 heavy (non-hydrogen) atoms. The van der Waals surface area contributed by atoms with Crippen molar-refractivity contribution in [2.45, 2.75) is 13.3 Å². The van der Waals surface area contributed by atoms with E-state index in [0.717, 1.165) is 29.6 Å². The highest BCUT2D eigenvalue weighted by atomic mass is 35.5. The van der Waals surface area contributed by atoms with Crippen molar-refractivity contribution >= 4 is 45.4 Å². The van der Waals surface area contributed by atoms with Gasteiger partial charge < -0.3 is 15.2 Å². The summed E-state index contributed by atoms with van der Waals surface area (Å²) in [6, 6.07) is 7.68. The summed E-state index contributed by atoms with van der Waals surface area (Å²) in [6.07, 6.45) is 0.965. The molecule has 1 aromatic carbocycles. The minimum Gasteiger partial charge on any atom is -0.358 e. The van der Waals surface area contributed by atoms with Gasteiger partial charge in [0.05, 0.1) is 5.02 Å². The maximum absolute atomic E-state index is 12.3. The Morgan fingerprint density at radius 2 is 2.12 bits per heavy atom. The summed E-state index contributed by atoms with van der Waals surface area (Å²) >= 11 is 7.38. The molecule has 2 aromatic heterocycles. The normalized spacial score (nSPS) is 11.4. The summed E-state index contributed by atoms with van der Waals surface area (Å²) in [5.74, 6) is -0.170. The Morgan fingerprint density at radius 1 is 1.33 bits per heavy atom. The molecule has 0 saturated carbocycles. The number of anilines is 1. The van der Waals surface area contributed by atoms with Crippen LogP contribution in [-0.4, -0.2) is 36.4 Å². The number of amides is 1. The summed E-state index contributed by atoms with van der Waals surface area (Å²) in [7, 11) is 4.14. The fraction of sp³-hybridized carbons (Fsp3) is 0.278. The Bertz CT molecular complexity index is 882. The maximum atomic E-state index is 12.3. The Hall–Kier alpha value is -1.82. The van der Waals surface area contributed by atoms with Crippen molar-refractivity contribution < 1.29 is 4.79 Å². The zero-order valence-electron chi connectivity index (χ0n) is 13.9. The van der Waals surface area contributed by atoms with Crippen LogP contribution in [-0.2, 0) is 6.42 Å². The second kappa shape index (κ2) is 6.97. The van der Waals surface area contributed by atoms with Crippen molar-refractivity contribution in [2.75, 3.05) is 26.0 Å². The standard InChI is InChI=1S/C18H20ClN3OS/c1-11-13(6-8-22(2)3)14-10-12(4-5-16(14)20-11)21-18(23)17-15(19)7-9-24-17/h4-5,7,9-10,20H,6,8H2,1-3H3,(H,21,23). The number of hydrogen-bond donors (Lipinski definition) is 2. The number of likely N-dealkylation sites (N-methyl/N-ethyl adjacent to an activating group) is 1. The molecule has 0 bridgehead atoms. The first-order chi connectivity index (χ1) is 11.5. The van der Waals surface area contributed by atoms with E-state index in [9.17, 15) is 4.79 Å². The van der Waals surface area contributed by atoms with Gasteiger partial charge in [0.25, 0.3) is 5.91 Å². The number of aryl methyl sites for hydroxylation is 1. The lowest BCUT2D eigenvalue weighted by Gasteiger charge is -2.10. The van der Waals surface area contributed by atoms with E-state index >= 15 is 0 Å². The molecule has 3 rings (SSSR count). The topological polar surface area (TPSA) is 48.1 Å². The van der Waals surface area contributed by atoms with Crippen molar-refractivity contribution in [1.29, 1.82) is 0 Å². The highest BCUT2D eigenvalue weighted by Crippen LogP contribution is 2.27. The third-order valence-corrected chi connectivity index (χ3v) is 5.35. The van der Waals surface area contributed by atoms with Gasteiger partial charge in [-0.25, -0.2) is 0 Å². The third-order valence-electron chi connectivity index (χ3n) is 4.01. The molecule has 0 aliphatic rings. The van der Waals surface area contributed by atoms with Gasteiger partial charge in [-0.2, -0.15) is 0 Å². The predicted octanol–water partition coefficient (Wildman–Crippen LogP) is 4.55. The molecule has 3 aromatic rings. The molecule has 0 aliphatic carbocycles. The average Bonchev–Trinajstić information content (AvgIpc) is 3.08. The first kappa shape index (κ1) is 17.0. The van der Waals surface area contributed by atoms with Gasteiger partial charge in [-0.3, -0.25) is 4.79 Å². The number of nitrogens with one attached hydrogen (secondary N) is 2. The van der Waals surface area contributed by atoms with Crippen LogP contribution in [0.5, 0.6) is 0 Å². The fourth-order valence-corrected chi connectivity index (χ4v) is 3.80. The fourth-order valence-electron chi connectivity index (χ4n) is 2.76. The second-order valence-corrected chi connectivity index (χ2v) is 7.42. The summed E-state index contributed by atoms with van der Waals surface area (Å²) in [5.41, 5.74) is 4.34. The summed E-state index contributed by atoms with van der Waals surface area (Å²) < 4.78 is 0. The van der Waals surface area contributed by atoms with Crippen LogP contribution in [0.15, 0.2) is 29.6 Å². The van der Waals surface area contributed by atoms with Gasteiger partial charge in [-0.05, 0) is 62.6 Å². The van der Waals surface area contributed by atoms with Crippen LogP contribution in [0.25, 0.3) is 10.9 Å². The van der Waals surface area contributed by atoms with Crippen LogP contribution in [0.2, 0.25) is 5.02 Å². The molecule has 0 fully saturated rings. The molecule has 1 amide bonds. The number of H-pyrrole nitrogens is 1. The number of carbonyl (C=O) groups excluding carboxylic acids is 1. The molecule has 2 heterocycles. The van der Waals surface area contributed by atoms with E-state index in [2.05, 4.69) is 36.2 Å². The molecular weight excluding hydrogens is 342 g/mol. The Morgan fingerprint density at radius 3 is 2.79 bits per heavy atom. The largest absolute Gasteiger partial charge is 0.358 e. The molecule has 0 saturated heterocycles. The number of carbonyl (C=O) groups is 1. The smallest absolute Gasteiger partial charge is 0.267 e. The zero-order valence-corrected chi connectivity index (χ0v) is 15.5. The van der Waals surface area contributed by atoms with Gasteiger partial charge in [0.15, 0.2) is 0 Å². The molecule has 6 heteroatoms. The van der Waals surface area contributed by atoms with E-state index in [4.69, 9.17) is 11.6 Å². The van der Waals surface area contributed by atoms with Crippen molar-refractivity contribution in [2.24, 2.45) is 0 Å². The number of benzene rings is 1. The summed E-state index contributed by atoms with van der Waals surface area (Å²) in [6.45, 7) is 3.07. The van der Waals surface area contributed by atoms with Gasteiger partial charge in [0, 0.05) is 28.8 Å². The second-order valence-electron chi connectivity index (χ2n) is 6.09. The predicted molar refractivity (Wildman–Crippen MR) is 103 cm³/mol. The van der Waals surface area contributed by atoms with E-state index in [-0.39, 0.29) is 5.91 Å². The first-order valence-corrected chi connectivity index (χ1v) is 9.01. The number of thiophene rings is 1. The van der Waals surface area contributed by atoms with Crippen LogP contribution < -0.4 is 5.32 Å². The average molecular weight is 362 g/mol. The van der Waals surface area contributed by atoms with Crippen LogP contribution in [0.1, 0.15) is 20.9 Å². The van der Waals surface area contributed by atoms with Gasteiger partial charge >= 0.3 is 0 Å². The van der Waals surface area contributed by atoms with E-state index in [1.807, 2.05) is 23.6 Å². The minimum absolute atomic E-state index is 0.170. The zero-order chi connectivity index (χ0) is 17.3. The molecule has 2 N–H and O–H groups in total. The van der Waals surface area contributed by atoms with Gasteiger partial charge in [0.2, 0.25) is 0 Å². The lowest BCUT2D eigenvalue weighted by Crippen LogP contribution is -2.15. The van der Waals surface area contributed by atoms with Crippen molar-refractivity contribution in [1.82, 2.24) is 9.88 Å². The highest BCUT2D eigenvalue weighted by molar-refractivity contribution is 7.12. The van der Waals surface area contributed by atoms with E-state index in [0.29, 0.717) is 9.90 Å². The Kier molecular flexibility index (Phi) is 4.94. The van der Waals surface area contributed by atoms with Crippen LogP contribution >= 0.6 is 22.9 Å². The minimum atomic E-state index is -0.170. The molecule has 0 atom stereocenters. The maximum Gasteiger partial charge on any atom is 0.267 e. The number of hydrogen-bond acceptors (Lipinski definition) is 3. The summed E-state index contributed by atoms with van der Waals surface area (Å²) in [5, 5.41) is 6.40. The molecule has 0 aliphatic heterocycles. The van der Waals surface area contributed by atoms with Crippen molar-refractivity contribution in [3.63, 3.8) is 0 Å². The summed E-state index contributed by atoms with van der Waals surface area (Å²) in [4.78, 5) is 18.5. The SMILES string of the molecule is Cc1[nH]c2ccc(NC(=O)c3sccc3Cl)cc2c1CCN(C)C. The van der Waals surface area contributed by atoms with Gasteiger partial charge in [-0.15, -0.1) is 11.3 Å². The van der Waals surface area contributed by atoms with Gasteiger partial charge in [0.1, 0.15) is 4.88 Å². The lowest BCUT2D eigenvalue weighted by atomic mass is 10.1. The number of halogens is 1. The number of aromatic nitrogens is 1. The molecule has 126 valence electrons. The van der Waals surface area contributed by atoms with Crippen LogP contribution in [0, 0.1) is 6.92 Å². The Balaban J connectivity index is 1.88. The third kappa shape index (κ3) is 3.48. The van der Waals surface area contributed by atoms with Crippen molar-refractivity contribution in [3.8, 4) is 0 Å². The molecule has 0 unspecified atom stereocenters. The number of aromatic amines is 1. The molecular formula is C18H20ClN3OS. The monoisotopic (exact) mass is 361 g/mol. The van der Waals surface area contributed by atoms with E-state index in [1.165, 1.54) is 22.6 Å². The Labute approximate surface area is 150 Å².